The van der Waals surface area contributed by atoms with Crippen LogP contribution in [0.5, 0.6) is 5.75 Å². The maximum absolute atomic E-state index is 13.4. The van der Waals surface area contributed by atoms with E-state index in [0.717, 1.165) is 0 Å². The van der Waals surface area contributed by atoms with E-state index in [2.05, 4.69) is 0 Å². The summed E-state index contributed by atoms with van der Waals surface area (Å²) in [5.74, 6) is -1.16. The monoisotopic (exact) mass is 290 g/mol. The molecule has 0 saturated heterocycles. The topological polar surface area (TPSA) is 74.6 Å². The fourth-order valence-corrected chi connectivity index (χ4v) is 4.85. The molecule has 0 heterocycles. The highest BCUT2D eigenvalue weighted by molar-refractivity contribution is 7.80. The van der Waals surface area contributed by atoms with E-state index in [9.17, 15) is 19.6 Å². The third-order valence-corrected chi connectivity index (χ3v) is 6.68. The van der Waals surface area contributed by atoms with Crippen LogP contribution in [0.25, 0.3) is 0 Å². The highest BCUT2D eigenvalue weighted by Crippen LogP contribution is 2.48. The van der Waals surface area contributed by atoms with Crippen LogP contribution in [-0.4, -0.2) is 21.8 Å². The lowest BCUT2D eigenvalue weighted by Crippen LogP contribution is -2.29. The van der Waals surface area contributed by atoms with Crippen molar-refractivity contribution < 1.29 is 19.6 Å². The van der Waals surface area contributed by atoms with Gasteiger partial charge in [0.1, 0.15) is 11.4 Å². The van der Waals surface area contributed by atoms with Gasteiger partial charge in [-0.05, 0) is 19.1 Å². The molecule has 0 bridgehead atoms. The second kappa shape index (κ2) is 5.51. The van der Waals surface area contributed by atoms with Crippen LogP contribution in [0, 0.1) is 0 Å². The summed E-state index contributed by atoms with van der Waals surface area (Å²) in [4.78, 5) is 11.3. The van der Waals surface area contributed by atoms with Crippen LogP contribution in [0.15, 0.2) is 54.6 Å². The minimum Gasteiger partial charge on any atom is -0.508 e. The zero-order valence-corrected chi connectivity index (χ0v) is 11.8. The lowest BCUT2D eigenvalue weighted by molar-refractivity contribution is -0.136. The molecule has 0 aromatic heterocycles. The van der Waals surface area contributed by atoms with Crippen LogP contribution in [0.1, 0.15) is 6.92 Å². The number of aromatic hydroxyl groups is 1. The summed E-state index contributed by atoms with van der Waals surface area (Å²) in [6, 6.07) is 14.5. The first-order valence-electron chi connectivity index (χ1n) is 6.14. The van der Waals surface area contributed by atoms with Gasteiger partial charge >= 0.3 is 5.97 Å². The molecule has 0 spiro atoms. The van der Waals surface area contributed by atoms with E-state index in [0.29, 0.717) is 10.6 Å². The van der Waals surface area contributed by atoms with Crippen molar-refractivity contribution in [3.8, 4) is 5.75 Å². The van der Waals surface area contributed by atoms with Gasteiger partial charge in [-0.2, -0.15) is 0 Å². The standard InChI is InChI=1S/C15H15O4P/c1-11(15(17)18)20(19,13-7-3-2-4-8-13)14-9-5-6-12(16)10-14/h2-11,16H,1H3,(H,17,18). The van der Waals surface area contributed by atoms with E-state index in [1.807, 2.05) is 0 Å². The number of hydrogen-bond donors (Lipinski definition) is 2. The normalized spacial score (nSPS) is 15.2. The van der Waals surface area contributed by atoms with Gasteiger partial charge in [-0.1, -0.05) is 42.5 Å². The molecule has 2 aromatic rings. The third kappa shape index (κ3) is 2.47. The number of aliphatic carboxylic acids is 1. The van der Waals surface area contributed by atoms with Crippen molar-refractivity contribution in [3.05, 3.63) is 54.6 Å². The summed E-state index contributed by atoms with van der Waals surface area (Å²) in [7, 11) is -3.36. The molecule has 104 valence electrons. The average molecular weight is 290 g/mol. The molecule has 5 heteroatoms. The Morgan fingerprint density at radius 3 is 2.20 bits per heavy atom. The Morgan fingerprint density at radius 2 is 1.65 bits per heavy atom. The molecule has 2 atom stereocenters. The molecular formula is C15H15O4P. The van der Waals surface area contributed by atoms with E-state index in [-0.39, 0.29) is 5.75 Å². The third-order valence-electron chi connectivity index (χ3n) is 3.26. The minimum atomic E-state index is -3.36. The van der Waals surface area contributed by atoms with E-state index in [1.165, 1.54) is 19.1 Å². The van der Waals surface area contributed by atoms with Gasteiger partial charge in [-0.3, -0.25) is 4.79 Å². The van der Waals surface area contributed by atoms with Crippen molar-refractivity contribution in [3.63, 3.8) is 0 Å². The molecule has 0 amide bonds. The molecule has 0 aliphatic rings. The van der Waals surface area contributed by atoms with Gasteiger partial charge in [-0.25, -0.2) is 0 Å². The zero-order chi connectivity index (χ0) is 14.8. The quantitative estimate of drug-likeness (QED) is 0.846. The van der Waals surface area contributed by atoms with Crippen molar-refractivity contribution in [2.24, 2.45) is 0 Å². The Balaban J connectivity index is 2.68. The molecule has 2 unspecified atom stereocenters. The summed E-state index contributed by atoms with van der Waals surface area (Å²) < 4.78 is 13.4. The number of carboxylic acid groups (broad SMARTS) is 1. The second-order valence-electron chi connectivity index (χ2n) is 4.53. The average Bonchev–Trinajstić information content (AvgIpc) is 2.46. The van der Waals surface area contributed by atoms with Gasteiger partial charge in [0.25, 0.3) is 0 Å². The fraction of sp³-hybridized carbons (Fsp3) is 0.133. The number of carboxylic acids is 1. The van der Waals surface area contributed by atoms with Gasteiger partial charge in [0, 0.05) is 10.6 Å². The first kappa shape index (κ1) is 14.4. The second-order valence-corrected chi connectivity index (χ2v) is 7.65. The molecule has 2 N–H and O–H groups in total. The van der Waals surface area contributed by atoms with Crippen molar-refractivity contribution in [1.29, 1.82) is 0 Å². The number of phenols is 1. The Bertz CT molecular complexity index is 667. The Kier molecular flexibility index (Phi) is 3.96. The van der Waals surface area contributed by atoms with Crippen molar-refractivity contribution in [2.45, 2.75) is 12.6 Å². The van der Waals surface area contributed by atoms with Gasteiger partial charge in [-0.15, -0.1) is 0 Å². The van der Waals surface area contributed by atoms with Crippen LogP contribution < -0.4 is 10.6 Å². The van der Waals surface area contributed by atoms with Gasteiger partial charge in [0.15, 0.2) is 7.14 Å². The Morgan fingerprint density at radius 1 is 1.05 bits per heavy atom. The molecule has 0 fully saturated rings. The SMILES string of the molecule is CC(C(=O)O)P(=O)(c1ccccc1)c1cccc(O)c1. The van der Waals surface area contributed by atoms with Crippen LogP contribution in [0.3, 0.4) is 0 Å². The molecule has 0 aliphatic heterocycles. The van der Waals surface area contributed by atoms with Crippen LogP contribution in [0.4, 0.5) is 0 Å². The smallest absolute Gasteiger partial charge is 0.314 e. The Labute approximate surface area is 117 Å². The first-order valence-corrected chi connectivity index (χ1v) is 7.91. The van der Waals surface area contributed by atoms with E-state index < -0.39 is 18.8 Å². The predicted octanol–water partition coefficient (Wildman–Crippen LogP) is 2.18. The summed E-state index contributed by atoms with van der Waals surface area (Å²) in [6.45, 7) is 1.43. The maximum atomic E-state index is 13.4. The molecule has 0 saturated carbocycles. The summed E-state index contributed by atoms with van der Waals surface area (Å²) in [5, 5.41) is 19.7. The van der Waals surface area contributed by atoms with Crippen molar-refractivity contribution >= 4 is 23.7 Å². The van der Waals surface area contributed by atoms with Crippen LogP contribution in [0.2, 0.25) is 0 Å². The number of hydrogen-bond acceptors (Lipinski definition) is 3. The number of carbonyl (C=O) groups is 1. The largest absolute Gasteiger partial charge is 0.508 e. The predicted molar refractivity (Wildman–Crippen MR) is 78.5 cm³/mol. The van der Waals surface area contributed by atoms with Gasteiger partial charge in [0.2, 0.25) is 0 Å². The highest BCUT2D eigenvalue weighted by atomic mass is 31.2. The number of rotatable bonds is 4. The van der Waals surface area contributed by atoms with E-state index in [4.69, 9.17) is 0 Å². The van der Waals surface area contributed by atoms with Crippen LogP contribution in [-0.2, 0) is 9.36 Å². The van der Waals surface area contributed by atoms with Gasteiger partial charge < -0.3 is 14.8 Å². The molecule has 0 radical (unpaired) electrons. The van der Waals surface area contributed by atoms with Crippen molar-refractivity contribution in [1.82, 2.24) is 0 Å². The molecule has 2 rings (SSSR count). The molecule has 20 heavy (non-hydrogen) atoms. The summed E-state index contributed by atoms with van der Waals surface area (Å²) in [5.41, 5.74) is -1.06. The maximum Gasteiger partial charge on any atom is 0.314 e. The number of phenolic OH excluding ortho intramolecular Hbond substituents is 1. The summed E-state index contributed by atoms with van der Waals surface area (Å²) in [6.07, 6.45) is 0. The van der Waals surface area contributed by atoms with E-state index in [1.54, 1.807) is 42.5 Å². The first-order chi connectivity index (χ1) is 9.46. The lowest BCUT2D eigenvalue weighted by atomic mass is 10.3. The minimum absolute atomic E-state index is 0.0313. The summed E-state index contributed by atoms with van der Waals surface area (Å²) >= 11 is 0. The fourth-order valence-electron chi connectivity index (χ4n) is 2.10. The Hall–Kier alpha value is -2.06. The highest BCUT2D eigenvalue weighted by Gasteiger charge is 2.38. The molecular weight excluding hydrogens is 275 g/mol. The van der Waals surface area contributed by atoms with Gasteiger partial charge in [0.05, 0.1) is 0 Å². The molecule has 4 nitrogen and oxygen atoms in total. The number of benzene rings is 2. The molecule has 0 aliphatic carbocycles. The van der Waals surface area contributed by atoms with Crippen LogP contribution >= 0.6 is 7.14 Å². The van der Waals surface area contributed by atoms with E-state index >= 15 is 0 Å². The van der Waals surface area contributed by atoms with Crippen molar-refractivity contribution in [2.75, 3.05) is 0 Å². The lowest BCUT2D eigenvalue weighted by Gasteiger charge is -2.23. The zero-order valence-electron chi connectivity index (χ0n) is 10.9. The molecule has 2 aromatic carbocycles.